The van der Waals surface area contributed by atoms with Gasteiger partial charge in [0.05, 0.1) is 5.52 Å². The summed E-state index contributed by atoms with van der Waals surface area (Å²) in [7, 11) is 1.73. The van der Waals surface area contributed by atoms with Crippen molar-refractivity contribution in [1.29, 1.82) is 0 Å². The number of hydrogen-bond acceptors (Lipinski definition) is 3. The van der Waals surface area contributed by atoms with Gasteiger partial charge in [-0.2, -0.15) is 0 Å². The molecule has 0 bridgehead atoms. The molecule has 4 nitrogen and oxygen atoms in total. The zero-order valence-electron chi connectivity index (χ0n) is 10.1. The maximum Gasteiger partial charge on any atom is 0.274 e. The van der Waals surface area contributed by atoms with Gasteiger partial charge in [0, 0.05) is 24.0 Å². The first-order valence-electron chi connectivity index (χ1n) is 5.61. The largest absolute Gasteiger partial charge is 0.340 e. The van der Waals surface area contributed by atoms with Crippen LogP contribution in [0.2, 0.25) is 0 Å². The van der Waals surface area contributed by atoms with Gasteiger partial charge in [0.25, 0.3) is 5.91 Å². The lowest BCUT2D eigenvalue weighted by Gasteiger charge is -2.03. The number of amides is 1. The molecule has 0 aliphatic heterocycles. The first-order valence-corrected chi connectivity index (χ1v) is 6.49. The van der Waals surface area contributed by atoms with Crippen molar-refractivity contribution in [2.75, 3.05) is 5.32 Å². The van der Waals surface area contributed by atoms with Crippen LogP contribution in [0, 0.1) is 5.82 Å². The van der Waals surface area contributed by atoms with Crippen LogP contribution < -0.4 is 5.32 Å². The Labute approximate surface area is 112 Å². The molecule has 3 aromatic rings. The minimum atomic E-state index is -0.319. The van der Waals surface area contributed by atoms with E-state index >= 15 is 0 Å². The number of aryl methyl sites for hydroxylation is 1. The smallest absolute Gasteiger partial charge is 0.274 e. The Balaban J connectivity index is 2.00. The number of carbonyl (C=O) groups excluding carboxylic acids is 1. The second-order valence-corrected chi connectivity index (χ2v) is 4.98. The molecule has 6 heteroatoms. The zero-order valence-corrected chi connectivity index (χ0v) is 10.9. The van der Waals surface area contributed by atoms with Gasteiger partial charge in [-0.3, -0.25) is 10.1 Å². The minimum absolute atomic E-state index is 0.256. The van der Waals surface area contributed by atoms with Crippen molar-refractivity contribution in [2.24, 2.45) is 7.05 Å². The molecular weight excluding hydrogens is 265 g/mol. The van der Waals surface area contributed by atoms with Crippen molar-refractivity contribution >= 4 is 33.3 Å². The van der Waals surface area contributed by atoms with Crippen LogP contribution in [0.25, 0.3) is 10.9 Å². The molecule has 0 aliphatic rings. The number of anilines is 1. The summed E-state index contributed by atoms with van der Waals surface area (Å²) in [6.45, 7) is 0. The molecule has 96 valence electrons. The van der Waals surface area contributed by atoms with Crippen molar-refractivity contribution in [3.8, 4) is 0 Å². The van der Waals surface area contributed by atoms with E-state index in [0.717, 1.165) is 5.39 Å². The first-order chi connectivity index (χ1) is 9.15. The Kier molecular flexibility index (Phi) is 2.79. The van der Waals surface area contributed by atoms with E-state index in [2.05, 4.69) is 10.3 Å². The average Bonchev–Trinajstić information content (AvgIpc) is 2.98. The average molecular weight is 275 g/mol. The monoisotopic (exact) mass is 275 g/mol. The Bertz CT molecular complexity index is 749. The highest BCUT2D eigenvalue weighted by atomic mass is 32.1. The second kappa shape index (κ2) is 4.47. The van der Waals surface area contributed by atoms with Gasteiger partial charge in [0.1, 0.15) is 11.5 Å². The molecule has 1 aromatic carbocycles. The van der Waals surface area contributed by atoms with E-state index in [9.17, 15) is 9.18 Å². The molecule has 0 saturated heterocycles. The molecule has 3 rings (SSSR count). The standard InChI is InChI=1S/C13H10FN3OS/c1-17-10-7-9(14)3-2-8(10)6-11(17)12(18)16-13-15-4-5-19-13/h2-7H,1H3,(H,15,16,18). The molecule has 19 heavy (non-hydrogen) atoms. The van der Waals surface area contributed by atoms with Crippen molar-refractivity contribution < 1.29 is 9.18 Å². The normalized spacial score (nSPS) is 10.8. The van der Waals surface area contributed by atoms with Gasteiger partial charge >= 0.3 is 0 Å². The van der Waals surface area contributed by atoms with E-state index in [1.165, 1.54) is 23.5 Å². The number of carbonyl (C=O) groups is 1. The third-order valence-electron chi connectivity index (χ3n) is 2.89. The summed E-state index contributed by atoms with van der Waals surface area (Å²) in [5.74, 6) is -0.574. The fourth-order valence-electron chi connectivity index (χ4n) is 1.97. The van der Waals surface area contributed by atoms with E-state index in [0.29, 0.717) is 16.3 Å². The van der Waals surface area contributed by atoms with Crippen LogP contribution in [0.5, 0.6) is 0 Å². The topological polar surface area (TPSA) is 46.9 Å². The molecule has 0 fully saturated rings. The third kappa shape index (κ3) is 2.10. The summed E-state index contributed by atoms with van der Waals surface area (Å²) in [4.78, 5) is 16.1. The van der Waals surface area contributed by atoms with Crippen LogP contribution in [-0.4, -0.2) is 15.5 Å². The predicted molar refractivity (Wildman–Crippen MR) is 72.9 cm³/mol. The summed E-state index contributed by atoms with van der Waals surface area (Å²) < 4.78 is 14.9. The summed E-state index contributed by atoms with van der Waals surface area (Å²) in [6.07, 6.45) is 1.62. The SMILES string of the molecule is Cn1c(C(=O)Nc2nccs2)cc2ccc(F)cc21. The number of nitrogens with one attached hydrogen (secondary N) is 1. The summed E-state index contributed by atoms with van der Waals surface area (Å²) in [5, 5.41) is 5.86. The van der Waals surface area contributed by atoms with Gasteiger partial charge in [0.2, 0.25) is 0 Å². The van der Waals surface area contributed by atoms with E-state index < -0.39 is 0 Å². The summed E-state index contributed by atoms with van der Waals surface area (Å²) in [5.41, 5.74) is 1.15. The molecule has 0 unspecified atom stereocenters. The van der Waals surface area contributed by atoms with Crippen LogP contribution in [0.1, 0.15) is 10.5 Å². The lowest BCUT2D eigenvalue weighted by atomic mass is 10.2. The summed E-state index contributed by atoms with van der Waals surface area (Å²) in [6, 6.07) is 6.18. The third-order valence-corrected chi connectivity index (χ3v) is 3.58. The first kappa shape index (κ1) is 11.9. The molecule has 2 heterocycles. The van der Waals surface area contributed by atoms with Crippen molar-refractivity contribution in [3.63, 3.8) is 0 Å². The van der Waals surface area contributed by atoms with Gasteiger partial charge in [-0.1, -0.05) is 0 Å². The molecule has 0 saturated carbocycles. The molecule has 1 N–H and O–H groups in total. The van der Waals surface area contributed by atoms with Gasteiger partial charge in [-0.25, -0.2) is 9.37 Å². The second-order valence-electron chi connectivity index (χ2n) is 4.08. The Hall–Kier alpha value is -2.21. The number of fused-ring (bicyclic) bond motifs is 1. The number of halogens is 1. The molecule has 1 amide bonds. The quantitative estimate of drug-likeness (QED) is 0.781. The number of rotatable bonds is 2. The van der Waals surface area contributed by atoms with E-state index in [1.54, 1.807) is 35.3 Å². The van der Waals surface area contributed by atoms with Gasteiger partial charge < -0.3 is 4.57 Å². The molecule has 0 spiro atoms. The van der Waals surface area contributed by atoms with E-state index in [4.69, 9.17) is 0 Å². The van der Waals surface area contributed by atoms with Gasteiger partial charge in [-0.05, 0) is 24.3 Å². The highest BCUT2D eigenvalue weighted by molar-refractivity contribution is 7.13. The molecule has 0 aliphatic carbocycles. The molecular formula is C13H10FN3OS. The number of aromatic nitrogens is 2. The lowest BCUT2D eigenvalue weighted by molar-refractivity contribution is 0.101. The van der Waals surface area contributed by atoms with Crippen molar-refractivity contribution in [3.05, 3.63) is 47.4 Å². The number of nitrogens with zero attached hydrogens (tertiary/aromatic N) is 2. The number of benzene rings is 1. The zero-order chi connectivity index (χ0) is 13.4. The fourth-order valence-corrected chi connectivity index (χ4v) is 2.49. The molecule has 2 aromatic heterocycles. The Morgan fingerprint density at radius 2 is 2.26 bits per heavy atom. The van der Waals surface area contributed by atoms with Crippen LogP contribution in [0.3, 0.4) is 0 Å². The van der Waals surface area contributed by atoms with Crippen molar-refractivity contribution in [1.82, 2.24) is 9.55 Å². The van der Waals surface area contributed by atoms with Crippen LogP contribution in [0.15, 0.2) is 35.8 Å². The molecule has 0 radical (unpaired) electrons. The van der Waals surface area contributed by atoms with Gasteiger partial charge in [0.15, 0.2) is 5.13 Å². The van der Waals surface area contributed by atoms with Crippen molar-refractivity contribution in [2.45, 2.75) is 0 Å². The summed E-state index contributed by atoms with van der Waals surface area (Å²) >= 11 is 1.35. The van der Waals surface area contributed by atoms with Gasteiger partial charge in [-0.15, -0.1) is 11.3 Å². The highest BCUT2D eigenvalue weighted by Gasteiger charge is 2.14. The lowest BCUT2D eigenvalue weighted by Crippen LogP contribution is -2.15. The highest BCUT2D eigenvalue weighted by Crippen LogP contribution is 2.21. The van der Waals surface area contributed by atoms with Crippen LogP contribution in [-0.2, 0) is 7.05 Å². The Morgan fingerprint density at radius 3 is 3.00 bits per heavy atom. The number of thiazole rings is 1. The van der Waals surface area contributed by atoms with E-state index in [1.807, 2.05) is 0 Å². The fraction of sp³-hybridized carbons (Fsp3) is 0.0769. The Morgan fingerprint density at radius 1 is 1.42 bits per heavy atom. The van der Waals surface area contributed by atoms with E-state index in [-0.39, 0.29) is 11.7 Å². The van der Waals surface area contributed by atoms with Crippen LogP contribution in [0.4, 0.5) is 9.52 Å². The minimum Gasteiger partial charge on any atom is -0.340 e. The number of hydrogen-bond donors (Lipinski definition) is 1. The molecule has 0 atom stereocenters. The maximum absolute atomic E-state index is 13.2. The maximum atomic E-state index is 13.2. The predicted octanol–water partition coefficient (Wildman–Crippen LogP) is 3.03. The van der Waals surface area contributed by atoms with Crippen LogP contribution >= 0.6 is 11.3 Å².